The number of anilines is 2. The predicted molar refractivity (Wildman–Crippen MR) is 167 cm³/mol. The normalized spacial score (nSPS) is 11.6. The summed E-state index contributed by atoms with van der Waals surface area (Å²) in [6.45, 7) is 0. The number of ketones is 1. The number of carbonyl (C=O) groups is 3. The second kappa shape index (κ2) is 13.4. The quantitative estimate of drug-likeness (QED) is 0.0709. The number of non-ortho nitro benzene ring substituents is 1. The summed E-state index contributed by atoms with van der Waals surface area (Å²) in [5, 5.41) is 16.2. The van der Waals surface area contributed by atoms with Crippen molar-refractivity contribution in [3.63, 3.8) is 0 Å². The van der Waals surface area contributed by atoms with Gasteiger partial charge in [0.05, 0.1) is 10.6 Å². The zero-order valence-electron chi connectivity index (χ0n) is 23.5. The highest BCUT2D eigenvalue weighted by Crippen LogP contribution is 2.27. The maximum absolute atomic E-state index is 13.4. The van der Waals surface area contributed by atoms with Gasteiger partial charge in [-0.25, -0.2) is 4.39 Å². The lowest BCUT2D eigenvalue weighted by Gasteiger charge is -2.16. The van der Waals surface area contributed by atoms with Gasteiger partial charge >= 0.3 is 0 Å². The molecule has 1 heterocycles. The van der Waals surface area contributed by atoms with Gasteiger partial charge in [-0.2, -0.15) is 0 Å². The van der Waals surface area contributed by atoms with Gasteiger partial charge in [0.1, 0.15) is 23.4 Å². The van der Waals surface area contributed by atoms with Crippen molar-refractivity contribution < 1.29 is 28.1 Å². The molecule has 0 saturated carbocycles. The van der Waals surface area contributed by atoms with E-state index in [1.165, 1.54) is 66.7 Å². The van der Waals surface area contributed by atoms with Gasteiger partial charge < -0.3 is 20.8 Å². The molecule has 2 amide bonds. The van der Waals surface area contributed by atoms with Crippen LogP contribution < -0.4 is 16.4 Å². The highest BCUT2D eigenvalue weighted by Gasteiger charge is 2.21. The molecule has 0 saturated heterocycles. The van der Waals surface area contributed by atoms with Crippen molar-refractivity contribution in [1.82, 2.24) is 0 Å². The third-order valence-corrected chi connectivity index (χ3v) is 6.73. The number of amides is 2. The molecule has 4 N–H and O–H groups in total. The monoisotopic (exact) mass is 604 g/mol. The Bertz CT molecular complexity index is 1900. The number of rotatable bonds is 10. The first-order valence-electron chi connectivity index (χ1n) is 13.6. The molecule has 0 aliphatic rings. The number of nitrogens with one attached hydrogen (secondary N) is 2. The second-order valence-electron chi connectivity index (χ2n) is 9.80. The van der Waals surface area contributed by atoms with E-state index in [4.69, 9.17) is 10.2 Å². The van der Waals surface area contributed by atoms with Gasteiger partial charge in [0.2, 0.25) is 11.8 Å². The molecular formula is C34H25FN4O6. The molecule has 0 bridgehead atoms. The van der Waals surface area contributed by atoms with Crippen molar-refractivity contribution in [1.29, 1.82) is 0 Å². The molecule has 224 valence electrons. The van der Waals surface area contributed by atoms with Crippen LogP contribution in [0.25, 0.3) is 17.4 Å². The van der Waals surface area contributed by atoms with Gasteiger partial charge in [0.15, 0.2) is 5.78 Å². The minimum atomic E-state index is -1.13. The second-order valence-corrected chi connectivity index (χ2v) is 9.80. The molecule has 0 fully saturated rings. The highest BCUT2D eigenvalue weighted by molar-refractivity contribution is 6.15. The largest absolute Gasteiger partial charge is 0.457 e. The first kappa shape index (κ1) is 30.3. The summed E-state index contributed by atoms with van der Waals surface area (Å²) < 4.78 is 19.1. The van der Waals surface area contributed by atoms with Crippen LogP contribution in [0, 0.1) is 15.9 Å². The SMILES string of the molecule is NC(C(=O)Nc1ccc(NC(=O)/C=C/c2ccc(-c3ccc([N+](=O)[O-])cc3)o2)cc1C(=O)c1ccccc1)c1ccc(F)cc1. The van der Waals surface area contributed by atoms with Crippen LogP contribution in [0.2, 0.25) is 0 Å². The Morgan fingerprint density at radius 3 is 2.27 bits per heavy atom. The first-order valence-corrected chi connectivity index (χ1v) is 13.6. The number of nitro groups is 1. The summed E-state index contributed by atoms with van der Waals surface area (Å²) in [5.74, 6) is -1.17. The van der Waals surface area contributed by atoms with Gasteiger partial charge in [0, 0.05) is 40.6 Å². The van der Waals surface area contributed by atoms with Crippen molar-refractivity contribution in [2.45, 2.75) is 6.04 Å². The first-order chi connectivity index (χ1) is 21.7. The highest BCUT2D eigenvalue weighted by atomic mass is 19.1. The zero-order chi connectivity index (χ0) is 31.9. The average Bonchev–Trinajstić information content (AvgIpc) is 3.54. The van der Waals surface area contributed by atoms with Crippen LogP contribution in [-0.2, 0) is 9.59 Å². The molecule has 45 heavy (non-hydrogen) atoms. The maximum atomic E-state index is 13.4. The summed E-state index contributed by atoms with van der Waals surface area (Å²) in [4.78, 5) is 49.6. The molecular weight excluding hydrogens is 579 g/mol. The maximum Gasteiger partial charge on any atom is 0.269 e. The van der Waals surface area contributed by atoms with E-state index in [1.807, 2.05) is 0 Å². The van der Waals surface area contributed by atoms with Crippen LogP contribution in [0.3, 0.4) is 0 Å². The fraction of sp³-hybridized carbons (Fsp3) is 0.0294. The summed E-state index contributed by atoms with van der Waals surface area (Å²) in [6.07, 6.45) is 2.69. The summed E-state index contributed by atoms with van der Waals surface area (Å²) in [5.41, 5.74) is 8.00. The molecule has 5 aromatic rings. The Kier molecular flexibility index (Phi) is 9.01. The van der Waals surface area contributed by atoms with E-state index in [9.17, 15) is 28.9 Å². The van der Waals surface area contributed by atoms with Crippen LogP contribution in [0.4, 0.5) is 21.5 Å². The summed E-state index contributed by atoms with van der Waals surface area (Å²) in [7, 11) is 0. The summed E-state index contributed by atoms with van der Waals surface area (Å²) in [6, 6.07) is 26.1. The Hall–Kier alpha value is -6.20. The number of halogens is 1. The van der Waals surface area contributed by atoms with Gasteiger partial charge in [-0.3, -0.25) is 24.5 Å². The number of nitrogens with zero attached hydrogens (tertiary/aromatic N) is 1. The van der Waals surface area contributed by atoms with Crippen LogP contribution in [0.5, 0.6) is 0 Å². The predicted octanol–water partition coefficient (Wildman–Crippen LogP) is 6.52. The topological polar surface area (TPSA) is 158 Å². The fourth-order valence-corrected chi connectivity index (χ4v) is 4.38. The van der Waals surface area contributed by atoms with E-state index in [2.05, 4.69) is 10.6 Å². The number of benzene rings is 4. The van der Waals surface area contributed by atoms with Crippen molar-refractivity contribution in [2.24, 2.45) is 5.73 Å². The Labute approximate surface area is 256 Å². The molecule has 1 atom stereocenters. The van der Waals surface area contributed by atoms with E-state index < -0.39 is 34.4 Å². The van der Waals surface area contributed by atoms with Crippen LogP contribution in [0.1, 0.15) is 33.3 Å². The van der Waals surface area contributed by atoms with E-state index in [0.717, 1.165) is 0 Å². The molecule has 0 aliphatic carbocycles. The number of hydrogen-bond donors (Lipinski definition) is 3. The summed E-state index contributed by atoms with van der Waals surface area (Å²) >= 11 is 0. The standard InChI is InChI=1S/C34H25FN4O6/c35-24-10-6-22(7-11-24)32(36)34(42)38-29-17-12-25(20-28(29)33(41)23-4-2-1-3-5-23)37-31(40)19-16-27-15-18-30(45-27)21-8-13-26(14-9-21)39(43)44/h1-20,32H,36H2,(H,37,40)(H,38,42)/b19-16+. The van der Waals surface area contributed by atoms with Crippen molar-refractivity contribution in [2.75, 3.05) is 10.6 Å². The van der Waals surface area contributed by atoms with E-state index >= 15 is 0 Å². The van der Waals surface area contributed by atoms with Crippen LogP contribution in [0.15, 0.2) is 120 Å². The molecule has 1 aromatic heterocycles. The molecule has 11 heteroatoms. The number of hydrogen-bond acceptors (Lipinski definition) is 7. The average molecular weight is 605 g/mol. The third-order valence-electron chi connectivity index (χ3n) is 6.73. The molecule has 5 rings (SSSR count). The zero-order valence-corrected chi connectivity index (χ0v) is 23.5. The Morgan fingerprint density at radius 1 is 0.867 bits per heavy atom. The van der Waals surface area contributed by atoms with Gasteiger partial charge in [0.25, 0.3) is 5.69 Å². The van der Waals surface area contributed by atoms with Gasteiger partial charge in [-0.15, -0.1) is 0 Å². The molecule has 1 unspecified atom stereocenters. The molecule has 4 aromatic carbocycles. The van der Waals surface area contributed by atoms with E-state index in [1.54, 1.807) is 54.6 Å². The Morgan fingerprint density at radius 2 is 1.58 bits per heavy atom. The lowest BCUT2D eigenvalue weighted by molar-refractivity contribution is -0.384. The molecule has 10 nitrogen and oxygen atoms in total. The van der Waals surface area contributed by atoms with Crippen molar-refractivity contribution in [3.05, 3.63) is 154 Å². The lowest BCUT2D eigenvalue weighted by atomic mass is 10.00. The van der Waals surface area contributed by atoms with E-state index in [0.29, 0.717) is 28.2 Å². The number of carbonyl (C=O) groups excluding carboxylic acids is 3. The number of nitrogens with two attached hydrogens (primary N) is 1. The van der Waals surface area contributed by atoms with Gasteiger partial charge in [-0.05, 0) is 66.2 Å². The smallest absolute Gasteiger partial charge is 0.269 e. The van der Waals surface area contributed by atoms with Crippen LogP contribution >= 0.6 is 0 Å². The number of nitro benzene ring substituents is 1. The third kappa shape index (κ3) is 7.42. The van der Waals surface area contributed by atoms with Gasteiger partial charge in [-0.1, -0.05) is 42.5 Å². The molecule has 0 spiro atoms. The molecule has 0 aliphatic heterocycles. The fourth-order valence-electron chi connectivity index (χ4n) is 4.38. The number of furan rings is 1. The lowest BCUT2D eigenvalue weighted by Crippen LogP contribution is -2.28. The minimum absolute atomic E-state index is 0.0419. The molecule has 0 radical (unpaired) electrons. The Balaban J connectivity index is 1.32. The van der Waals surface area contributed by atoms with Crippen molar-refractivity contribution in [3.8, 4) is 11.3 Å². The van der Waals surface area contributed by atoms with Crippen molar-refractivity contribution >= 4 is 40.7 Å². The van der Waals surface area contributed by atoms with E-state index in [-0.39, 0.29) is 22.6 Å². The minimum Gasteiger partial charge on any atom is -0.457 e. The van der Waals surface area contributed by atoms with Crippen LogP contribution in [-0.4, -0.2) is 22.5 Å².